The first kappa shape index (κ1) is 21.4. The van der Waals surface area contributed by atoms with Gasteiger partial charge in [0.05, 0.1) is 16.7 Å². The molecule has 1 fully saturated rings. The molecule has 150 valence electrons. The number of alkyl carbamates (subject to hydrolysis) is 1. The molecule has 0 saturated carbocycles. The van der Waals surface area contributed by atoms with Gasteiger partial charge >= 0.3 is 6.09 Å². The quantitative estimate of drug-likeness (QED) is 0.590. The Morgan fingerprint density at radius 3 is 2.43 bits per heavy atom. The molecule has 1 heterocycles. The SMILES string of the molecule is O=C(N[C@H](CSc1ccccc1)[C@@H](O)C1SCCCS1)OCc1ccccc1. The molecule has 0 bridgehead atoms. The van der Waals surface area contributed by atoms with E-state index in [-0.39, 0.29) is 17.2 Å². The maximum atomic E-state index is 12.4. The fourth-order valence-corrected chi connectivity index (χ4v) is 6.74. The van der Waals surface area contributed by atoms with Crippen LogP contribution in [0.5, 0.6) is 0 Å². The zero-order chi connectivity index (χ0) is 19.6. The number of ether oxygens (including phenoxy) is 1. The number of aliphatic hydroxyl groups is 1. The van der Waals surface area contributed by atoms with Crippen LogP contribution in [0.25, 0.3) is 0 Å². The molecule has 7 heteroatoms. The number of nitrogens with one attached hydrogen (secondary N) is 1. The summed E-state index contributed by atoms with van der Waals surface area (Å²) in [5.41, 5.74) is 0.937. The van der Waals surface area contributed by atoms with Gasteiger partial charge < -0.3 is 15.2 Å². The molecule has 1 aliphatic heterocycles. The lowest BCUT2D eigenvalue weighted by molar-refractivity contribution is 0.113. The average molecular weight is 436 g/mol. The third-order valence-electron chi connectivity index (χ3n) is 4.23. The van der Waals surface area contributed by atoms with E-state index in [0.29, 0.717) is 5.75 Å². The van der Waals surface area contributed by atoms with E-state index in [9.17, 15) is 9.90 Å². The summed E-state index contributed by atoms with van der Waals surface area (Å²) in [6.45, 7) is 0.217. The second-order valence-electron chi connectivity index (χ2n) is 6.39. The molecule has 1 amide bonds. The summed E-state index contributed by atoms with van der Waals surface area (Å²) in [7, 11) is 0. The van der Waals surface area contributed by atoms with E-state index in [4.69, 9.17) is 4.74 Å². The molecular formula is C21H25NO3S3. The molecule has 4 nitrogen and oxygen atoms in total. The van der Waals surface area contributed by atoms with Crippen LogP contribution in [0.3, 0.4) is 0 Å². The maximum absolute atomic E-state index is 12.4. The van der Waals surface area contributed by atoms with Gasteiger partial charge in [0.2, 0.25) is 0 Å². The lowest BCUT2D eigenvalue weighted by atomic mass is 10.2. The predicted molar refractivity (Wildman–Crippen MR) is 120 cm³/mol. The first-order valence-corrected chi connectivity index (χ1v) is 12.4. The third-order valence-corrected chi connectivity index (χ3v) is 8.44. The van der Waals surface area contributed by atoms with Crippen molar-refractivity contribution in [2.75, 3.05) is 17.3 Å². The number of hydrogen-bond acceptors (Lipinski definition) is 6. The molecule has 0 aliphatic carbocycles. The molecule has 1 aliphatic rings. The van der Waals surface area contributed by atoms with Gasteiger partial charge in [0.25, 0.3) is 0 Å². The molecule has 2 atom stereocenters. The molecule has 0 unspecified atom stereocenters. The van der Waals surface area contributed by atoms with Crippen LogP contribution >= 0.6 is 35.3 Å². The van der Waals surface area contributed by atoms with Gasteiger partial charge in [0.1, 0.15) is 6.61 Å². The molecular weight excluding hydrogens is 410 g/mol. The summed E-state index contributed by atoms with van der Waals surface area (Å²) in [6, 6.07) is 19.2. The Morgan fingerprint density at radius 1 is 1.11 bits per heavy atom. The zero-order valence-electron chi connectivity index (χ0n) is 15.5. The number of carbonyl (C=O) groups is 1. The van der Waals surface area contributed by atoms with Crippen molar-refractivity contribution < 1.29 is 14.6 Å². The number of amides is 1. The standard InChI is InChI=1S/C21H25NO3S3/c23-19(20-26-12-7-13-27-20)18(15-28-17-10-5-2-6-11-17)22-21(24)25-14-16-8-3-1-4-9-16/h1-6,8-11,18-20,23H,7,12-15H2,(H,22,24)/t18-,19-/m1/s1. The first-order valence-electron chi connectivity index (χ1n) is 9.29. The van der Waals surface area contributed by atoms with Crippen molar-refractivity contribution in [2.24, 2.45) is 0 Å². The average Bonchev–Trinajstić information content (AvgIpc) is 2.76. The Labute approximate surface area is 179 Å². The molecule has 2 aromatic carbocycles. The predicted octanol–water partition coefficient (Wildman–Crippen LogP) is 4.63. The van der Waals surface area contributed by atoms with E-state index in [0.717, 1.165) is 28.4 Å². The Kier molecular flexibility index (Phi) is 8.92. The van der Waals surface area contributed by atoms with Crippen molar-refractivity contribution in [1.82, 2.24) is 5.32 Å². The maximum Gasteiger partial charge on any atom is 0.407 e. The van der Waals surface area contributed by atoms with Crippen LogP contribution in [0.2, 0.25) is 0 Å². The zero-order valence-corrected chi connectivity index (χ0v) is 18.0. The lowest BCUT2D eigenvalue weighted by Crippen LogP contribution is -2.49. The van der Waals surface area contributed by atoms with Gasteiger partial charge in [-0.05, 0) is 35.6 Å². The van der Waals surface area contributed by atoms with Crippen molar-refractivity contribution in [1.29, 1.82) is 0 Å². The molecule has 28 heavy (non-hydrogen) atoms. The number of aliphatic hydroxyl groups excluding tert-OH is 1. The van der Waals surface area contributed by atoms with Crippen LogP contribution in [-0.4, -0.2) is 45.2 Å². The van der Waals surface area contributed by atoms with Crippen molar-refractivity contribution >= 4 is 41.4 Å². The van der Waals surface area contributed by atoms with Gasteiger partial charge in [-0.3, -0.25) is 0 Å². The highest BCUT2D eigenvalue weighted by Gasteiger charge is 2.31. The highest BCUT2D eigenvalue weighted by molar-refractivity contribution is 8.17. The molecule has 1 saturated heterocycles. The number of carbonyl (C=O) groups excluding carboxylic acids is 1. The second kappa shape index (κ2) is 11.7. The van der Waals surface area contributed by atoms with Gasteiger partial charge in [-0.2, -0.15) is 0 Å². The number of hydrogen-bond donors (Lipinski definition) is 2. The number of thioether (sulfide) groups is 3. The van der Waals surface area contributed by atoms with Crippen LogP contribution in [0, 0.1) is 0 Å². The van der Waals surface area contributed by atoms with E-state index in [1.807, 2.05) is 60.7 Å². The smallest absolute Gasteiger partial charge is 0.407 e. The fourth-order valence-electron chi connectivity index (χ4n) is 2.74. The van der Waals surface area contributed by atoms with Crippen molar-refractivity contribution in [3.8, 4) is 0 Å². The summed E-state index contributed by atoms with van der Waals surface area (Å²) in [4.78, 5) is 13.5. The van der Waals surface area contributed by atoms with Gasteiger partial charge in [-0.25, -0.2) is 4.79 Å². The van der Waals surface area contributed by atoms with Crippen LogP contribution in [0.15, 0.2) is 65.6 Å². The molecule has 0 aromatic heterocycles. The van der Waals surface area contributed by atoms with E-state index >= 15 is 0 Å². The monoisotopic (exact) mass is 435 g/mol. The third kappa shape index (κ3) is 6.95. The number of rotatable bonds is 8. The Hall–Kier alpha value is -1.28. The Morgan fingerprint density at radius 2 is 1.75 bits per heavy atom. The van der Waals surface area contributed by atoms with E-state index in [1.165, 1.54) is 0 Å². The van der Waals surface area contributed by atoms with Crippen LogP contribution in [0.1, 0.15) is 12.0 Å². The minimum atomic E-state index is -0.629. The number of benzene rings is 2. The summed E-state index contributed by atoms with van der Waals surface area (Å²) in [5.74, 6) is 2.68. The normalized spacial score (nSPS) is 16.9. The first-order chi connectivity index (χ1) is 13.7. The lowest BCUT2D eigenvalue weighted by Gasteiger charge is -2.31. The van der Waals surface area contributed by atoms with Crippen molar-refractivity contribution in [3.63, 3.8) is 0 Å². The molecule has 0 radical (unpaired) electrons. The molecule has 2 N–H and O–H groups in total. The van der Waals surface area contributed by atoms with Crippen LogP contribution in [0.4, 0.5) is 4.79 Å². The Balaban J connectivity index is 1.58. The largest absolute Gasteiger partial charge is 0.445 e. The summed E-state index contributed by atoms with van der Waals surface area (Å²) in [5, 5.41) is 13.8. The minimum Gasteiger partial charge on any atom is -0.445 e. The van der Waals surface area contributed by atoms with Crippen molar-refractivity contribution in [2.45, 2.75) is 34.7 Å². The second-order valence-corrected chi connectivity index (χ2v) is 10.3. The van der Waals surface area contributed by atoms with Crippen LogP contribution < -0.4 is 5.32 Å². The summed E-state index contributed by atoms with van der Waals surface area (Å²) < 4.78 is 5.44. The molecule has 0 spiro atoms. The topological polar surface area (TPSA) is 58.6 Å². The molecule has 2 aromatic rings. The van der Waals surface area contributed by atoms with E-state index in [1.54, 1.807) is 35.3 Å². The van der Waals surface area contributed by atoms with Gasteiger partial charge in [-0.15, -0.1) is 35.3 Å². The van der Waals surface area contributed by atoms with E-state index < -0.39 is 12.2 Å². The molecule has 3 rings (SSSR count). The van der Waals surface area contributed by atoms with Crippen molar-refractivity contribution in [3.05, 3.63) is 66.2 Å². The minimum absolute atomic E-state index is 0.0737. The summed E-state index contributed by atoms with van der Waals surface area (Å²) in [6.07, 6.45) is 0.0392. The highest BCUT2D eigenvalue weighted by atomic mass is 32.2. The fraction of sp³-hybridized carbons (Fsp3) is 0.381. The van der Waals surface area contributed by atoms with Gasteiger partial charge in [0, 0.05) is 10.6 Å². The van der Waals surface area contributed by atoms with Gasteiger partial charge in [-0.1, -0.05) is 48.5 Å². The highest BCUT2D eigenvalue weighted by Crippen LogP contribution is 2.35. The summed E-state index contributed by atoms with van der Waals surface area (Å²) >= 11 is 5.17. The van der Waals surface area contributed by atoms with Gasteiger partial charge in [0.15, 0.2) is 0 Å². The van der Waals surface area contributed by atoms with E-state index in [2.05, 4.69) is 5.32 Å². The Bertz CT molecular complexity index is 711. The van der Waals surface area contributed by atoms with Crippen LogP contribution in [-0.2, 0) is 11.3 Å².